The van der Waals surface area contributed by atoms with Crippen LogP contribution in [0.1, 0.15) is 59.2 Å². The Hall–Kier alpha value is -0.350. The molecule has 3 nitrogen and oxygen atoms in total. The van der Waals surface area contributed by atoms with E-state index in [1.165, 1.54) is 18.5 Å². The molecule has 0 saturated carbocycles. The molecule has 1 atom stereocenters. The SMILES string of the molecule is CC(C)n1ncc(Br)c1C1(C(C)(C)C)CCCN1. The van der Waals surface area contributed by atoms with E-state index in [1.807, 2.05) is 6.20 Å². The van der Waals surface area contributed by atoms with Gasteiger partial charge in [-0.15, -0.1) is 0 Å². The molecule has 0 aliphatic carbocycles. The lowest BCUT2D eigenvalue weighted by Gasteiger charge is -2.43. The quantitative estimate of drug-likeness (QED) is 0.898. The minimum Gasteiger partial charge on any atom is -0.306 e. The van der Waals surface area contributed by atoms with Crippen LogP contribution in [-0.2, 0) is 5.54 Å². The summed E-state index contributed by atoms with van der Waals surface area (Å²) in [4.78, 5) is 0. The van der Waals surface area contributed by atoms with Crippen LogP contribution in [0.15, 0.2) is 10.7 Å². The van der Waals surface area contributed by atoms with Gasteiger partial charge in [-0.1, -0.05) is 20.8 Å². The smallest absolute Gasteiger partial charge is 0.0735 e. The van der Waals surface area contributed by atoms with Crippen molar-refractivity contribution < 1.29 is 0 Å². The fourth-order valence-corrected chi connectivity index (χ4v) is 3.69. The van der Waals surface area contributed by atoms with Crippen LogP contribution in [0.25, 0.3) is 0 Å². The molecule has 1 aliphatic rings. The monoisotopic (exact) mass is 313 g/mol. The van der Waals surface area contributed by atoms with Gasteiger partial charge in [0.1, 0.15) is 0 Å². The van der Waals surface area contributed by atoms with E-state index >= 15 is 0 Å². The maximum atomic E-state index is 4.55. The fourth-order valence-electron chi connectivity index (χ4n) is 3.07. The highest BCUT2D eigenvalue weighted by molar-refractivity contribution is 9.10. The number of hydrogen-bond acceptors (Lipinski definition) is 2. The van der Waals surface area contributed by atoms with Crippen molar-refractivity contribution in [3.05, 3.63) is 16.4 Å². The van der Waals surface area contributed by atoms with Crippen molar-refractivity contribution in [1.82, 2.24) is 15.1 Å². The molecule has 1 aromatic rings. The predicted octanol–water partition coefficient (Wildman–Crippen LogP) is 3.85. The maximum Gasteiger partial charge on any atom is 0.0735 e. The van der Waals surface area contributed by atoms with Crippen molar-refractivity contribution in [3.8, 4) is 0 Å². The molecule has 102 valence electrons. The van der Waals surface area contributed by atoms with Gasteiger partial charge in [0.05, 0.1) is 21.9 Å². The minimum absolute atomic E-state index is 0.0204. The van der Waals surface area contributed by atoms with Crippen molar-refractivity contribution in [2.24, 2.45) is 5.41 Å². The third-order valence-corrected chi connectivity index (χ3v) is 4.66. The van der Waals surface area contributed by atoms with E-state index in [2.05, 4.69) is 65.6 Å². The highest BCUT2D eigenvalue weighted by atomic mass is 79.9. The summed E-state index contributed by atoms with van der Waals surface area (Å²) in [5.41, 5.74) is 1.49. The van der Waals surface area contributed by atoms with Gasteiger partial charge in [0, 0.05) is 6.04 Å². The Labute approximate surface area is 118 Å². The molecule has 0 radical (unpaired) electrons. The van der Waals surface area contributed by atoms with Gasteiger partial charge in [0.25, 0.3) is 0 Å². The van der Waals surface area contributed by atoms with Crippen molar-refractivity contribution in [2.75, 3.05) is 6.54 Å². The van der Waals surface area contributed by atoms with Gasteiger partial charge in [-0.25, -0.2) is 0 Å². The highest BCUT2D eigenvalue weighted by Gasteiger charge is 2.48. The van der Waals surface area contributed by atoms with Gasteiger partial charge in [-0.3, -0.25) is 4.68 Å². The Morgan fingerprint density at radius 1 is 1.44 bits per heavy atom. The zero-order valence-electron chi connectivity index (χ0n) is 12.0. The lowest BCUT2D eigenvalue weighted by molar-refractivity contribution is 0.145. The number of nitrogens with one attached hydrogen (secondary N) is 1. The molecule has 1 saturated heterocycles. The first kappa shape index (κ1) is 14.1. The van der Waals surface area contributed by atoms with Crippen LogP contribution in [-0.4, -0.2) is 16.3 Å². The Balaban J connectivity index is 2.60. The second kappa shape index (κ2) is 4.64. The van der Waals surface area contributed by atoms with Gasteiger partial charge in [0.2, 0.25) is 0 Å². The molecule has 0 spiro atoms. The second-order valence-electron chi connectivity index (χ2n) is 6.57. The first-order valence-corrected chi connectivity index (χ1v) is 7.57. The number of hydrogen-bond donors (Lipinski definition) is 1. The third-order valence-electron chi connectivity index (χ3n) is 4.08. The van der Waals surface area contributed by atoms with Gasteiger partial charge in [-0.2, -0.15) is 5.10 Å². The Morgan fingerprint density at radius 2 is 2.11 bits per heavy atom. The molecule has 0 bridgehead atoms. The van der Waals surface area contributed by atoms with Crippen molar-refractivity contribution >= 4 is 15.9 Å². The molecule has 1 unspecified atom stereocenters. The second-order valence-corrected chi connectivity index (χ2v) is 7.42. The average Bonchev–Trinajstić information content (AvgIpc) is 2.82. The lowest BCUT2D eigenvalue weighted by atomic mass is 9.70. The third kappa shape index (κ3) is 2.03. The molecule has 0 amide bonds. The fraction of sp³-hybridized carbons (Fsp3) is 0.786. The summed E-state index contributed by atoms with van der Waals surface area (Å²) in [5, 5.41) is 8.31. The first-order valence-electron chi connectivity index (χ1n) is 6.78. The van der Waals surface area contributed by atoms with E-state index in [4.69, 9.17) is 0 Å². The van der Waals surface area contributed by atoms with Crippen molar-refractivity contribution in [3.63, 3.8) is 0 Å². The Morgan fingerprint density at radius 3 is 2.56 bits per heavy atom. The molecule has 18 heavy (non-hydrogen) atoms. The first-order chi connectivity index (χ1) is 8.29. The number of aromatic nitrogens is 2. The Bertz CT molecular complexity index is 423. The van der Waals surface area contributed by atoms with Crippen LogP contribution in [0.5, 0.6) is 0 Å². The maximum absolute atomic E-state index is 4.55. The van der Waals surface area contributed by atoms with E-state index in [0.717, 1.165) is 11.0 Å². The molecule has 0 aromatic carbocycles. The van der Waals surface area contributed by atoms with Gasteiger partial charge in [-0.05, 0) is 54.6 Å². The summed E-state index contributed by atoms with van der Waals surface area (Å²) in [7, 11) is 0. The van der Waals surface area contributed by atoms with Crippen molar-refractivity contribution in [2.45, 2.75) is 59.0 Å². The zero-order chi connectivity index (χ0) is 13.6. The van der Waals surface area contributed by atoms with Crippen LogP contribution in [0.3, 0.4) is 0 Å². The van der Waals surface area contributed by atoms with E-state index in [9.17, 15) is 0 Å². The molecule has 2 rings (SSSR count). The molecule has 4 heteroatoms. The Kier molecular flexibility index (Phi) is 3.63. The zero-order valence-corrected chi connectivity index (χ0v) is 13.6. The van der Waals surface area contributed by atoms with Crippen LogP contribution in [0.2, 0.25) is 0 Å². The van der Waals surface area contributed by atoms with Crippen LogP contribution in [0.4, 0.5) is 0 Å². The van der Waals surface area contributed by atoms with Crippen LogP contribution >= 0.6 is 15.9 Å². The average molecular weight is 314 g/mol. The molecular weight excluding hydrogens is 290 g/mol. The van der Waals surface area contributed by atoms with Gasteiger partial charge >= 0.3 is 0 Å². The lowest BCUT2D eigenvalue weighted by Crippen LogP contribution is -2.49. The molecule has 1 N–H and O–H groups in total. The summed E-state index contributed by atoms with van der Waals surface area (Å²) < 4.78 is 3.29. The van der Waals surface area contributed by atoms with Crippen LogP contribution < -0.4 is 5.32 Å². The summed E-state index contributed by atoms with van der Waals surface area (Å²) in [6, 6.07) is 0.382. The number of nitrogens with zero attached hydrogens (tertiary/aromatic N) is 2. The van der Waals surface area contributed by atoms with E-state index in [0.29, 0.717) is 6.04 Å². The largest absolute Gasteiger partial charge is 0.306 e. The van der Waals surface area contributed by atoms with E-state index in [1.54, 1.807) is 0 Å². The number of halogens is 1. The van der Waals surface area contributed by atoms with Gasteiger partial charge < -0.3 is 5.32 Å². The topological polar surface area (TPSA) is 29.9 Å². The van der Waals surface area contributed by atoms with E-state index < -0.39 is 0 Å². The summed E-state index contributed by atoms with van der Waals surface area (Å²) >= 11 is 3.70. The van der Waals surface area contributed by atoms with Gasteiger partial charge in [0.15, 0.2) is 0 Å². The minimum atomic E-state index is 0.0204. The molecule has 2 heterocycles. The molecule has 1 aliphatic heterocycles. The highest BCUT2D eigenvalue weighted by Crippen LogP contribution is 2.48. The summed E-state index contributed by atoms with van der Waals surface area (Å²) in [6.45, 7) is 12.4. The normalized spacial score (nSPS) is 25.1. The summed E-state index contributed by atoms with van der Waals surface area (Å²) in [6.07, 6.45) is 4.34. The molecular formula is C14H24BrN3. The number of rotatable bonds is 2. The van der Waals surface area contributed by atoms with Crippen molar-refractivity contribution in [1.29, 1.82) is 0 Å². The molecule has 1 aromatic heterocycles. The predicted molar refractivity (Wildman–Crippen MR) is 78.7 cm³/mol. The summed E-state index contributed by atoms with van der Waals surface area (Å²) in [5.74, 6) is 0. The van der Waals surface area contributed by atoms with E-state index in [-0.39, 0.29) is 11.0 Å². The van der Waals surface area contributed by atoms with Crippen LogP contribution in [0, 0.1) is 5.41 Å². The molecule has 1 fully saturated rings. The standard InChI is InChI=1S/C14H24BrN3/c1-10(2)18-12(11(15)9-17-18)14(13(3,4)5)7-6-8-16-14/h9-10,16H,6-8H2,1-5H3.